The molecule has 1 atom stereocenters. The van der Waals surface area contributed by atoms with Crippen LogP contribution in [0.4, 0.5) is 0 Å². The van der Waals surface area contributed by atoms with Gasteiger partial charge in [0.25, 0.3) is 5.91 Å². The van der Waals surface area contributed by atoms with Crippen LogP contribution in [0.3, 0.4) is 0 Å². The molecule has 0 aliphatic rings. The number of aromatic nitrogens is 1. The average molecular weight is 394 g/mol. The molecule has 27 heavy (non-hydrogen) atoms. The highest BCUT2D eigenvalue weighted by Gasteiger charge is 2.22. The smallest absolute Gasteiger partial charge is 0.326 e. The van der Waals surface area contributed by atoms with Crippen molar-refractivity contribution in [3.63, 3.8) is 0 Å². The van der Waals surface area contributed by atoms with Gasteiger partial charge < -0.3 is 20.3 Å². The van der Waals surface area contributed by atoms with Crippen LogP contribution >= 0.6 is 11.6 Å². The van der Waals surface area contributed by atoms with Crippen LogP contribution in [0.2, 0.25) is 5.02 Å². The van der Waals surface area contributed by atoms with Gasteiger partial charge in [0.05, 0.1) is 11.6 Å². The molecule has 0 saturated carbocycles. The second-order valence-corrected chi connectivity index (χ2v) is 6.73. The minimum Gasteiger partial charge on any atom is -0.480 e. The Balaban J connectivity index is 1.93. The Morgan fingerprint density at radius 2 is 1.96 bits per heavy atom. The van der Waals surface area contributed by atoms with E-state index in [1.54, 1.807) is 24.3 Å². The maximum atomic E-state index is 12.1. The van der Waals surface area contributed by atoms with Crippen molar-refractivity contribution in [2.75, 3.05) is 6.54 Å². The minimum absolute atomic E-state index is 0.0188. The van der Waals surface area contributed by atoms with Gasteiger partial charge in [0, 0.05) is 11.6 Å². The fraction of sp³-hybridized carbons (Fsp3) is 0.333. The number of nitrogens with one attached hydrogen (secondary N) is 2. The number of hydrogen-bond acceptors (Lipinski definition) is 5. The Labute approximate surface area is 160 Å². The standard InChI is InChI=1S/C18H20ClN3O5/c1-10(2)7-14(18(25)26)21-16(23)9-20-17(24)13-8-15(27-22-13)11-5-3-4-6-12(11)19/h3-6,8,10,14H,7,9H2,1-2H3,(H,20,24)(H,21,23)(H,25,26)/t14-/m0/s1. The van der Waals surface area contributed by atoms with Crippen LogP contribution in [-0.4, -0.2) is 40.6 Å². The fourth-order valence-electron chi connectivity index (χ4n) is 2.36. The Bertz CT molecular complexity index is 834. The highest BCUT2D eigenvalue weighted by Crippen LogP contribution is 2.27. The number of aliphatic carboxylic acids is 1. The van der Waals surface area contributed by atoms with E-state index in [2.05, 4.69) is 15.8 Å². The summed E-state index contributed by atoms with van der Waals surface area (Å²) in [6.07, 6.45) is 0.291. The highest BCUT2D eigenvalue weighted by molar-refractivity contribution is 6.33. The van der Waals surface area contributed by atoms with Crippen molar-refractivity contribution in [2.45, 2.75) is 26.3 Å². The molecule has 0 radical (unpaired) electrons. The number of hydrogen-bond donors (Lipinski definition) is 3. The third-order valence-electron chi connectivity index (χ3n) is 3.63. The average Bonchev–Trinajstić information content (AvgIpc) is 3.09. The quantitative estimate of drug-likeness (QED) is 0.632. The van der Waals surface area contributed by atoms with E-state index in [0.29, 0.717) is 22.8 Å². The summed E-state index contributed by atoms with van der Waals surface area (Å²) in [6, 6.07) is 7.33. The Morgan fingerprint density at radius 3 is 2.59 bits per heavy atom. The van der Waals surface area contributed by atoms with Crippen molar-refractivity contribution in [1.29, 1.82) is 0 Å². The summed E-state index contributed by atoms with van der Waals surface area (Å²) in [5.41, 5.74) is 0.566. The maximum Gasteiger partial charge on any atom is 0.326 e. The second-order valence-electron chi connectivity index (χ2n) is 6.33. The van der Waals surface area contributed by atoms with E-state index < -0.39 is 23.8 Å². The number of carbonyl (C=O) groups excluding carboxylic acids is 2. The second kappa shape index (κ2) is 9.18. The topological polar surface area (TPSA) is 122 Å². The molecule has 1 aromatic carbocycles. The number of amides is 2. The largest absolute Gasteiger partial charge is 0.480 e. The van der Waals surface area contributed by atoms with Crippen molar-refractivity contribution in [1.82, 2.24) is 15.8 Å². The van der Waals surface area contributed by atoms with E-state index in [0.717, 1.165) is 0 Å². The molecule has 2 aromatic rings. The van der Waals surface area contributed by atoms with Gasteiger partial charge in [-0.25, -0.2) is 4.79 Å². The summed E-state index contributed by atoms with van der Waals surface area (Å²) >= 11 is 6.07. The van der Waals surface area contributed by atoms with Gasteiger partial charge in [-0.1, -0.05) is 42.7 Å². The molecular weight excluding hydrogens is 374 g/mol. The predicted molar refractivity (Wildman–Crippen MR) is 98.3 cm³/mol. The van der Waals surface area contributed by atoms with Crippen molar-refractivity contribution in [3.8, 4) is 11.3 Å². The van der Waals surface area contributed by atoms with Gasteiger partial charge in [-0.2, -0.15) is 0 Å². The summed E-state index contributed by atoms with van der Waals surface area (Å²) in [6.45, 7) is 3.32. The molecule has 0 unspecified atom stereocenters. The van der Waals surface area contributed by atoms with Gasteiger partial charge in [0.15, 0.2) is 11.5 Å². The molecule has 144 valence electrons. The van der Waals surface area contributed by atoms with Gasteiger partial charge in [0.2, 0.25) is 5.91 Å². The molecule has 8 nitrogen and oxygen atoms in total. The Morgan fingerprint density at radius 1 is 1.26 bits per heavy atom. The number of carboxylic acid groups (broad SMARTS) is 1. The van der Waals surface area contributed by atoms with Crippen LogP contribution < -0.4 is 10.6 Å². The number of carboxylic acids is 1. The summed E-state index contributed by atoms with van der Waals surface area (Å²) in [5, 5.41) is 18.0. The zero-order chi connectivity index (χ0) is 20.0. The fourth-order valence-corrected chi connectivity index (χ4v) is 2.59. The third-order valence-corrected chi connectivity index (χ3v) is 3.96. The van der Waals surface area contributed by atoms with E-state index >= 15 is 0 Å². The first kappa shape index (κ1) is 20.4. The lowest BCUT2D eigenvalue weighted by Gasteiger charge is -2.16. The summed E-state index contributed by atoms with van der Waals surface area (Å²) in [5.74, 6) is -1.93. The van der Waals surface area contributed by atoms with E-state index in [-0.39, 0.29) is 18.2 Å². The first-order valence-corrected chi connectivity index (χ1v) is 8.67. The minimum atomic E-state index is -1.12. The summed E-state index contributed by atoms with van der Waals surface area (Å²) < 4.78 is 5.13. The van der Waals surface area contributed by atoms with Crippen LogP contribution in [0.1, 0.15) is 30.8 Å². The molecule has 0 bridgehead atoms. The third kappa shape index (κ3) is 5.82. The number of benzene rings is 1. The lowest BCUT2D eigenvalue weighted by atomic mass is 10.0. The molecule has 0 aliphatic heterocycles. The first-order valence-electron chi connectivity index (χ1n) is 8.30. The molecule has 1 heterocycles. The zero-order valence-electron chi connectivity index (χ0n) is 14.9. The molecule has 1 aromatic heterocycles. The van der Waals surface area contributed by atoms with Gasteiger partial charge in [-0.3, -0.25) is 9.59 Å². The molecule has 0 spiro atoms. The van der Waals surface area contributed by atoms with E-state index in [9.17, 15) is 14.4 Å². The zero-order valence-corrected chi connectivity index (χ0v) is 15.6. The Kier molecular flexibility index (Phi) is 6.95. The number of nitrogens with zero attached hydrogens (tertiary/aromatic N) is 1. The van der Waals surface area contributed by atoms with E-state index in [4.69, 9.17) is 21.2 Å². The Hall–Kier alpha value is -2.87. The number of halogens is 1. The maximum absolute atomic E-state index is 12.1. The van der Waals surface area contributed by atoms with Crippen molar-refractivity contribution in [3.05, 3.63) is 41.0 Å². The predicted octanol–water partition coefficient (Wildman–Crippen LogP) is 2.34. The van der Waals surface area contributed by atoms with Crippen molar-refractivity contribution < 1.29 is 24.0 Å². The summed E-state index contributed by atoms with van der Waals surface area (Å²) in [4.78, 5) is 35.2. The van der Waals surface area contributed by atoms with Crippen LogP contribution in [0, 0.1) is 5.92 Å². The first-order chi connectivity index (χ1) is 12.8. The van der Waals surface area contributed by atoms with Gasteiger partial charge in [0.1, 0.15) is 6.04 Å². The summed E-state index contributed by atoms with van der Waals surface area (Å²) in [7, 11) is 0. The molecular formula is C18H20ClN3O5. The van der Waals surface area contributed by atoms with Crippen LogP contribution in [0.25, 0.3) is 11.3 Å². The van der Waals surface area contributed by atoms with Crippen molar-refractivity contribution >= 4 is 29.4 Å². The van der Waals surface area contributed by atoms with Gasteiger partial charge in [-0.05, 0) is 24.5 Å². The van der Waals surface area contributed by atoms with Crippen LogP contribution in [0.15, 0.2) is 34.9 Å². The van der Waals surface area contributed by atoms with Crippen LogP contribution in [0.5, 0.6) is 0 Å². The molecule has 2 amide bonds. The SMILES string of the molecule is CC(C)C[C@H](NC(=O)CNC(=O)c1cc(-c2ccccc2Cl)on1)C(=O)O. The molecule has 0 fully saturated rings. The monoisotopic (exact) mass is 393 g/mol. The van der Waals surface area contributed by atoms with E-state index in [1.807, 2.05) is 13.8 Å². The number of rotatable bonds is 8. The van der Waals surface area contributed by atoms with E-state index in [1.165, 1.54) is 6.07 Å². The lowest BCUT2D eigenvalue weighted by Crippen LogP contribution is -2.46. The molecule has 9 heteroatoms. The highest BCUT2D eigenvalue weighted by atomic mass is 35.5. The van der Waals surface area contributed by atoms with Crippen molar-refractivity contribution in [2.24, 2.45) is 5.92 Å². The van der Waals surface area contributed by atoms with Crippen LogP contribution in [-0.2, 0) is 9.59 Å². The molecule has 0 saturated heterocycles. The van der Waals surface area contributed by atoms with Gasteiger partial charge >= 0.3 is 5.97 Å². The normalized spacial score (nSPS) is 11.9. The number of carbonyl (C=O) groups is 3. The molecule has 0 aliphatic carbocycles. The molecule has 3 N–H and O–H groups in total. The molecule has 2 rings (SSSR count). The lowest BCUT2D eigenvalue weighted by molar-refractivity contribution is -0.142. The van der Waals surface area contributed by atoms with Gasteiger partial charge in [-0.15, -0.1) is 0 Å².